The van der Waals surface area contributed by atoms with E-state index in [1.165, 1.54) is 7.11 Å². The SMILES string of the molecule is COc1ccc(Br)cc1C(=O)CCC(=O)OCC(=O)c1cc(C)n(C2CC2)c1C. The first-order chi connectivity index (χ1) is 13.8. The number of carbonyl (C=O) groups excluding carboxylic acids is 3. The van der Waals surface area contributed by atoms with E-state index in [9.17, 15) is 14.4 Å². The van der Waals surface area contributed by atoms with E-state index in [0.717, 1.165) is 28.7 Å². The number of halogens is 1. The van der Waals surface area contributed by atoms with Gasteiger partial charge in [0.2, 0.25) is 5.78 Å². The van der Waals surface area contributed by atoms with Gasteiger partial charge in [0.15, 0.2) is 12.4 Å². The number of esters is 1. The lowest BCUT2D eigenvalue weighted by Gasteiger charge is -2.09. The van der Waals surface area contributed by atoms with Crippen molar-refractivity contribution in [2.45, 2.75) is 45.6 Å². The molecular weight excluding hydrogens is 438 g/mol. The highest BCUT2D eigenvalue weighted by Gasteiger charge is 2.28. The Morgan fingerprint density at radius 2 is 1.79 bits per heavy atom. The summed E-state index contributed by atoms with van der Waals surface area (Å²) < 4.78 is 13.2. The summed E-state index contributed by atoms with van der Waals surface area (Å²) in [5.74, 6) is -0.567. The second-order valence-corrected chi connectivity index (χ2v) is 8.15. The zero-order chi connectivity index (χ0) is 21.1. The summed E-state index contributed by atoms with van der Waals surface area (Å²) in [4.78, 5) is 36.9. The second-order valence-electron chi connectivity index (χ2n) is 7.24. The van der Waals surface area contributed by atoms with Gasteiger partial charge in [0.05, 0.1) is 19.1 Å². The lowest BCUT2D eigenvalue weighted by atomic mass is 10.1. The van der Waals surface area contributed by atoms with Crippen LogP contribution in [0.4, 0.5) is 0 Å². The first-order valence-corrected chi connectivity index (χ1v) is 10.3. The molecule has 1 aliphatic rings. The average molecular weight is 462 g/mol. The highest BCUT2D eigenvalue weighted by molar-refractivity contribution is 9.10. The van der Waals surface area contributed by atoms with E-state index in [1.54, 1.807) is 18.2 Å². The molecule has 1 aliphatic carbocycles. The molecule has 0 amide bonds. The Labute approximate surface area is 178 Å². The molecule has 0 spiro atoms. The van der Waals surface area contributed by atoms with Gasteiger partial charge < -0.3 is 14.0 Å². The Kier molecular flexibility index (Phi) is 6.57. The van der Waals surface area contributed by atoms with Crippen LogP contribution in [0.3, 0.4) is 0 Å². The summed E-state index contributed by atoms with van der Waals surface area (Å²) in [5, 5.41) is 0. The van der Waals surface area contributed by atoms with Crippen molar-refractivity contribution >= 4 is 33.5 Å². The second kappa shape index (κ2) is 8.95. The molecule has 1 saturated carbocycles. The Morgan fingerprint density at radius 3 is 2.45 bits per heavy atom. The van der Waals surface area contributed by atoms with Crippen molar-refractivity contribution in [2.24, 2.45) is 0 Å². The minimum atomic E-state index is -0.573. The topological polar surface area (TPSA) is 74.6 Å². The zero-order valence-electron chi connectivity index (χ0n) is 16.8. The fourth-order valence-corrected chi connectivity index (χ4v) is 3.86. The third-order valence-electron chi connectivity index (χ3n) is 5.08. The highest BCUT2D eigenvalue weighted by atomic mass is 79.9. The number of nitrogens with zero attached hydrogens (tertiary/aromatic N) is 1. The molecule has 0 atom stereocenters. The van der Waals surface area contributed by atoms with Crippen LogP contribution < -0.4 is 4.74 Å². The van der Waals surface area contributed by atoms with Gasteiger partial charge in [-0.1, -0.05) is 15.9 Å². The predicted molar refractivity (Wildman–Crippen MR) is 112 cm³/mol. The number of benzene rings is 1. The summed E-state index contributed by atoms with van der Waals surface area (Å²) in [6.07, 6.45) is 2.16. The Hall–Kier alpha value is -2.41. The van der Waals surface area contributed by atoms with Crippen LogP contribution in [-0.2, 0) is 9.53 Å². The summed E-state index contributed by atoms with van der Waals surface area (Å²) in [5.41, 5.74) is 2.96. The smallest absolute Gasteiger partial charge is 0.306 e. The number of Topliss-reactive ketones (excluding diaryl/α,β-unsaturated/α-hetero) is 2. The largest absolute Gasteiger partial charge is 0.496 e. The van der Waals surface area contributed by atoms with E-state index >= 15 is 0 Å². The zero-order valence-corrected chi connectivity index (χ0v) is 18.4. The molecule has 1 aromatic heterocycles. The number of aromatic nitrogens is 1. The monoisotopic (exact) mass is 461 g/mol. The van der Waals surface area contributed by atoms with E-state index in [-0.39, 0.29) is 31.0 Å². The molecule has 0 unspecified atom stereocenters. The maximum atomic E-state index is 12.5. The maximum absolute atomic E-state index is 12.5. The maximum Gasteiger partial charge on any atom is 0.306 e. The summed E-state index contributed by atoms with van der Waals surface area (Å²) in [7, 11) is 1.49. The molecule has 0 bridgehead atoms. The lowest BCUT2D eigenvalue weighted by molar-refractivity contribution is -0.142. The lowest BCUT2D eigenvalue weighted by Crippen LogP contribution is -2.16. The van der Waals surface area contributed by atoms with Gasteiger partial charge in [-0.3, -0.25) is 14.4 Å². The molecule has 0 saturated heterocycles. The molecule has 1 aromatic carbocycles. The number of ether oxygens (including phenoxy) is 2. The number of ketones is 2. The van der Waals surface area contributed by atoms with Crippen LogP contribution in [0.25, 0.3) is 0 Å². The van der Waals surface area contributed by atoms with Crippen molar-refractivity contribution in [2.75, 3.05) is 13.7 Å². The van der Waals surface area contributed by atoms with E-state index in [2.05, 4.69) is 20.5 Å². The third-order valence-corrected chi connectivity index (χ3v) is 5.57. The Bertz CT molecular complexity index is 958. The first-order valence-electron chi connectivity index (χ1n) is 9.55. The van der Waals surface area contributed by atoms with Crippen LogP contribution >= 0.6 is 15.9 Å². The molecule has 7 heteroatoms. The van der Waals surface area contributed by atoms with Gasteiger partial charge in [0.25, 0.3) is 0 Å². The molecule has 154 valence electrons. The Morgan fingerprint density at radius 1 is 1.07 bits per heavy atom. The summed E-state index contributed by atoms with van der Waals surface area (Å²) in [6.45, 7) is 3.59. The molecular formula is C22H24BrNO5. The number of hydrogen-bond donors (Lipinski definition) is 0. The number of carbonyl (C=O) groups is 3. The quantitative estimate of drug-likeness (QED) is 0.402. The van der Waals surface area contributed by atoms with Crippen LogP contribution in [0.2, 0.25) is 0 Å². The minimum absolute atomic E-state index is 0.0178. The van der Waals surface area contributed by atoms with Crippen molar-refractivity contribution in [1.82, 2.24) is 4.57 Å². The molecule has 1 fully saturated rings. The highest BCUT2D eigenvalue weighted by Crippen LogP contribution is 2.38. The average Bonchev–Trinajstić information content (AvgIpc) is 3.48. The van der Waals surface area contributed by atoms with E-state index < -0.39 is 5.97 Å². The number of rotatable bonds is 9. The van der Waals surface area contributed by atoms with Crippen LogP contribution in [0, 0.1) is 13.8 Å². The van der Waals surface area contributed by atoms with Gasteiger partial charge in [0.1, 0.15) is 5.75 Å². The van der Waals surface area contributed by atoms with Crippen molar-refractivity contribution in [3.05, 3.63) is 51.3 Å². The molecule has 2 aromatic rings. The normalized spacial score (nSPS) is 13.2. The van der Waals surface area contributed by atoms with Crippen LogP contribution in [0.5, 0.6) is 5.75 Å². The third kappa shape index (κ3) is 4.96. The standard InChI is InChI=1S/C22H24BrNO5/c1-13-10-17(14(2)24(13)16-5-6-16)20(26)12-29-22(27)9-7-19(25)18-11-15(23)4-8-21(18)28-3/h4,8,10-11,16H,5-7,9,12H2,1-3H3. The molecule has 1 heterocycles. The van der Waals surface area contributed by atoms with Gasteiger partial charge in [0, 0.05) is 33.9 Å². The van der Waals surface area contributed by atoms with Crippen LogP contribution in [0.15, 0.2) is 28.7 Å². The van der Waals surface area contributed by atoms with Gasteiger partial charge in [-0.05, 0) is 51.0 Å². The van der Waals surface area contributed by atoms with Crippen LogP contribution in [-0.4, -0.2) is 35.8 Å². The number of methoxy groups -OCH3 is 1. The van der Waals surface area contributed by atoms with Gasteiger partial charge >= 0.3 is 5.97 Å². The van der Waals surface area contributed by atoms with Crippen LogP contribution in [0.1, 0.15) is 63.8 Å². The predicted octanol–water partition coefficient (Wildman–Crippen LogP) is 4.60. The molecule has 0 aliphatic heterocycles. The van der Waals surface area contributed by atoms with Crippen molar-refractivity contribution < 1.29 is 23.9 Å². The summed E-state index contributed by atoms with van der Waals surface area (Å²) >= 11 is 3.32. The van der Waals surface area contributed by atoms with E-state index in [4.69, 9.17) is 9.47 Å². The molecule has 0 radical (unpaired) electrons. The van der Waals surface area contributed by atoms with Gasteiger partial charge in [-0.2, -0.15) is 0 Å². The van der Waals surface area contributed by atoms with Crippen molar-refractivity contribution in [1.29, 1.82) is 0 Å². The molecule has 29 heavy (non-hydrogen) atoms. The number of aryl methyl sites for hydroxylation is 1. The fourth-order valence-electron chi connectivity index (χ4n) is 3.50. The molecule has 6 nitrogen and oxygen atoms in total. The Balaban J connectivity index is 1.53. The van der Waals surface area contributed by atoms with Gasteiger partial charge in [-0.15, -0.1) is 0 Å². The fraction of sp³-hybridized carbons (Fsp3) is 0.409. The van der Waals surface area contributed by atoms with Crippen molar-refractivity contribution in [3.8, 4) is 5.75 Å². The van der Waals surface area contributed by atoms with Gasteiger partial charge in [-0.25, -0.2) is 0 Å². The summed E-state index contributed by atoms with van der Waals surface area (Å²) in [6, 6.07) is 7.46. The van der Waals surface area contributed by atoms with Crippen molar-refractivity contribution in [3.63, 3.8) is 0 Å². The molecule has 3 rings (SSSR count). The molecule has 0 N–H and O–H groups in total. The van der Waals surface area contributed by atoms with E-state index in [1.807, 2.05) is 19.9 Å². The minimum Gasteiger partial charge on any atom is -0.496 e. The first kappa shape index (κ1) is 21.3. The van der Waals surface area contributed by atoms with E-state index in [0.29, 0.717) is 22.9 Å². The number of hydrogen-bond acceptors (Lipinski definition) is 5.